The van der Waals surface area contributed by atoms with Crippen LogP contribution in [0.4, 0.5) is 0 Å². The van der Waals surface area contributed by atoms with Gasteiger partial charge >= 0.3 is 241 Å². The number of nitrogens with zero attached hydrogens (tertiary/aromatic N) is 5. The minimum atomic E-state index is 0.0859. The number of para-hydroxylation sites is 2. The third-order valence-corrected chi connectivity index (χ3v) is 11.7. The summed E-state index contributed by atoms with van der Waals surface area (Å²) < 4.78 is 4.76. The van der Waals surface area contributed by atoms with Crippen LogP contribution in [0.25, 0.3) is 92.3 Å². The molecular formula is C44H27N5Se. The predicted octanol–water partition coefficient (Wildman–Crippen LogP) is 10.4. The number of benzene rings is 7. The van der Waals surface area contributed by atoms with Gasteiger partial charge in [-0.1, -0.05) is 30.3 Å². The second-order valence-electron chi connectivity index (χ2n) is 12.3. The summed E-state index contributed by atoms with van der Waals surface area (Å²) in [6.45, 7) is 0. The molecule has 0 aliphatic heterocycles. The van der Waals surface area contributed by atoms with Gasteiger partial charge in [0.15, 0.2) is 0 Å². The van der Waals surface area contributed by atoms with Crippen molar-refractivity contribution in [2.75, 3.05) is 0 Å². The van der Waals surface area contributed by atoms with Crippen molar-refractivity contribution in [2.24, 2.45) is 0 Å². The zero-order valence-corrected chi connectivity index (χ0v) is 28.4. The first-order valence-corrected chi connectivity index (χ1v) is 18.3. The molecule has 6 heteroatoms. The Bertz CT molecular complexity index is 2860. The first-order chi connectivity index (χ1) is 24.8. The molecule has 3 heterocycles. The van der Waals surface area contributed by atoms with Crippen molar-refractivity contribution in [3.8, 4) is 50.0 Å². The predicted molar refractivity (Wildman–Crippen MR) is 206 cm³/mol. The van der Waals surface area contributed by atoms with E-state index in [9.17, 15) is 0 Å². The summed E-state index contributed by atoms with van der Waals surface area (Å²) in [4.78, 5) is 20.7. The summed E-state index contributed by atoms with van der Waals surface area (Å²) in [5.74, 6) is 1.91. The summed E-state index contributed by atoms with van der Waals surface area (Å²) in [6.07, 6.45) is 0. The van der Waals surface area contributed by atoms with Gasteiger partial charge in [0.1, 0.15) is 0 Å². The maximum absolute atomic E-state index is 5.23. The van der Waals surface area contributed by atoms with Crippen molar-refractivity contribution in [3.63, 3.8) is 0 Å². The number of aromatic nitrogens is 5. The molecular weight excluding hydrogens is 677 g/mol. The maximum atomic E-state index is 5.23. The van der Waals surface area contributed by atoms with Crippen LogP contribution in [0.1, 0.15) is 0 Å². The molecule has 7 aromatic carbocycles. The molecule has 0 aliphatic carbocycles. The van der Waals surface area contributed by atoms with Gasteiger partial charge in [-0.05, 0) is 18.2 Å². The van der Waals surface area contributed by atoms with E-state index >= 15 is 0 Å². The first kappa shape index (κ1) is 28.8. The van der Waals surface area contributed by atoms with E-state index in [-0.39, 0.29) is 14.5 Å². The van der Waals surface area contributed by atoms with E-state index in [1.807, 2.05) is 24.3 Å². The number of hydrogen-bond acceptors (Lipinski definition) is 4. The molecule has 3 aromatic heterocycles. The molecule has 0 radical (unpaired) electrons. The fourth-order valence-corrected chi connectivity index (χ4v) is 9.23. The van der Waals surface area contributed by atoms with Crippen LogP contribution in [0.2, 0.25) is 0 Å². The van der Waals surface area contributed by atoms with Crippen LogP contribution < -0.4 is 0 Å². The molecule has 0 N–H and O–H groups in total. The zero-order valence-electron chi connectivity index (χ0n) is 26.7. The molecule has 0 bridgehead atoms. The fraction of sp³-hybridized carbons (Fsp3) is 0. The third kappa shape index (κ3) is 4.77. The Morgan fingerprint density at radius 3 is 1.74 bits per heavy atom. The third-order valence-electron chi connectivity index (χ3n) is 9.27. The van der Waals surface area contributed by atoms with E-state index in [1.165, 1.54) is 20.6 Å². The number of hydrogen-bond donors (Lipinski definition) is 0. The minimum absolute atomic E-state index is 0.0859. The van der Waals surface area contributed by atoms with Crippen molar-refractivity contribution < 1.29 is 0 Å². The van der Waals surface area contributed by atoms with Gasteiger partial charge in [0.05, 0.1) is 0 Å². The van der Waals surface area contributed by atoms with Gasteiger partial charge in [0.25, 0.3) is 0 Å². The molecule has 0 saturated heterocycles. The van der Waals surface area contributed by atoms with Crippen molar-refractivity contribution in [2.45, 2.75) is 0 Å². The molecule has 0 spiro atoms. The van der Waals surface area contributed by atoms with Crippen molar-refractivity contribution >= 4 is 56.9 Å². The Balaban J connectivity index is 1.21. The first-order valence-electron chi connectivity index (χ1n) is 16.6. The van der Waals surface area contributed by atoms with E-state index in [1.54, 1.807) is 0 Å². The molecule has 10 aromatic rings. The van der Waals surface area contributed by atoms with E-state index in [2.05, 4.69) is 144 Å². The molecule has 0 saturated carbocycles. The molecule has 0 fully saturated rings. The second-order valence-corrected chi connectivity index (χ2v) is 14.4. The Morgan fingerprint density at radius 2 is 0.980 bits per heavy atom. The molecule has 5 nitrogen and oxygen atoms in total. The van der Waals surface area contributed by atoms with E-state index in [0.717, 1.165) is 54.3 Å². The van der Waals surface area contributed by atoms with Crippen LogP contribution >= 0.6 is 0 Å². The standard InChI is InChI=1S/C44H27N5Se/c1-4-14-28(15-5-1)41-46-42(30-24-25-39-35(26-30)33-21-12-13-23-38(33)49(39)31-18-8-3-9-19-31)48-43(47-41)36-27-37-40(34-22-11-10-20-32(34)36)50-44(45-37)29-16-6-2-7-17-29/h1-27H. The Kier molecular flexibility index (Phi) is 6.76. The van der Waals surface area contributed by atoms with Gasteiger partial charge in [-0.3, -0.25) is 0 Å². The summed E-state index contributed by atoms with van der Waals surface area (Å²) in [7, 11) is 0. The SMILES string of the molecule is c1ccc(-c2nc(-c3ccc4c(c3)c3ccccc3n4-c3ccccc3)nc(-c3cc4nc(-c5ccccc5)[se]c4c4ccccc34)n2)cc1. The van der Waals surface area contributed by atoms with Crippen LogP contribution in [-0.2, 0) is 0 Å². The van der Waals surface area contributed by atoms with Crippen molar-refractivity contribution in [1.29, 1.82) is 0 Å². The fourth-order valence-electron chi connectivity index (χ4n) is 6.95. The van der Waals surface area contributed by atoms with E-state index in [0.29, 0.717) is 17.5 Å². The summed E-state index contributed by atoms with van der Waals surface area (Å²) >= 11 is 0.0859. The summed E-state index contributed by atoms with van der Waals surface area (Å²) in [5, 5.41) is 4.66. The topological polar surface area (TPSA) is 56.5 Å². The molecule has 0 amide bonds. The van der Waals surface area contributed by atoms with E-state index in [4.69, 9.17) is 19.9 Å². The monoisotopic (exact) mass is 705 g/mol. The second kappa shape index (κ2) is 11.7. The summed E-state index contributed by atoms with van der Waals surface area (Å²) in [6, 6.07) is 57.1. The molecule has 0 unspecified atom stereocenters. The number of rotatable bonds is 5. The molecule has 0 aliphatic rings. The van der Waals surface area contributed by atoms with E-state index < -0.39 is 0 Å². The van der Waals surface area contributed by atoms with Crippen LogP contribution in [-0.4, -0.2) is 39.0 Å². The van der Waals surface area contributed by atoms with Crippen LogP contribution in [0.5, 0.6) is 0 Å². The summed E-state index contributed by atoms with van der Waals surface area (Å²) in [5.41, 5.74) is 8.43. The molecule has 234 valence electrons. The van der Waals surface area contributed by atoms with Gasteiger partial charge in [-0.25, -0.2) is 0 Å². The van der Waals surface area contributed by atoms with Crippen LogP contribution in [0.3, 0.4) is 0 Å². The van der Waals surface area contributed by atoms with Crippen molar-refractivity contribution in [1.82, 2.24) is 24.5 Å². The van der Waals surface area contributed by atoms with Gasteiger partial charge in [0.2, 0.25) is 0 Å². The number of fused-ring (bicyclic) bond motifs is 6. The van der Waals surface area contributed by atoms with Gasteiger partial charge in [-0.2, -0.15) is 0 Å². The van der Waals surface area contributed by atoms with Crippen molar-refractivity contribution in [3.05, 3.63) is 164 Å². The molecule has 10 rings (SSSR count). The van der Waals surface area contributed by atoms with Gasteiger partial charge < -0.3 is 0 Å². The van der Waals surface area contributed by atoms with Gasteiger partial charge in [0, 0.05) is 5.69 Å². The Labute approximate surface area is 293 Å². The average molecular weight is 705 g/mol. The Morgan fingerprint density at radius 1 is 0.400 bits per heavy atom. The van der Waals surface area contributed by atoms with Crippen LogP contribution in [0, 0.1) is 0 Å². The zero-order chi connectivity index (χ0) is 33.0. The molecule has 50 heavy (non-hydrogen) atoms. The molecule has 0 atom stereocenters. The Hall–Kier alpha value is -6.20. The normalized spacial score (nSPS) is 11.6. The van der Waals surface area contributed by atoms with Gasteiger partial charge in [-0.15, -0.1) is 0 Å². The average Bonchev–Trinajstić information content (AvgIpc) is 3.78. The quantitative estimate of drug-likeness (QED) is 0.167. The van der Waals surface area contributed by atoms with Crippen LogP contribution in [0.15, 0.2) is 164 Å².